The molecule has 0 radical (unpaired) electrons. The molecule has 0 aliphatic carbocycles. The Morgan fingerprint density at radius 1 is 1.09 bits per heavy atom. The number of aromatic nitrogens is 1. The lowest BCUT2D eigenvalue weighted by Gasteiger charge is -2.44. The zero-order valence-corrected chi connectivity index (χ0v) is 19.8. The summed E-state index contributed by atoms with van der Waals surface area (Å²) in [4.78, 5) is 29.1. The number of fused-ring (bicyclic) bond motifs is 3. The van der Waals surface area contributed by atoms with Crippen LogP contribution in [-0.2, 0) is 11.3 Å². The van der Waals surface area contributed by atoms with Gasteiger partial charge in [-0.2, -0.15) is 0 Å². The molecule has 0 bridgehead atoms. The molecule has 0 fully saturated rings. The van der Waals surface area contributed by atoms with Gasteiger partial charge in [0.1, 0.15) is 11.2 Å². The first-order chi connectivity index (χ1) is 15.8. The van der Waals surface area contributed by atoms with Crippen molar-refractivity contribution < 1.29 is 19.1 Å². The number of nitrogens with zero attached hydrogens (tertiary/aromatic N) is 2. The number of ether oxygens (including phenoxy) is 2. The third-order valence-corrected chi connectivity index (χ3v) is 6.31. The normalized spacial score (nSPS) is 17.9. The first-order valence-corrected chi connectivity index (χ1v) is 11.2. The van der Waals surface area contributed by atoms with Crippen LogP contribution in [-0.4, -0.2) is 42.7 Å². The standard InChI is InChI=1S/C26H31N3O4/c1-17(2)12-13-27-25(31)26(3)16-28-20-9-7-6-8-18(20)14-21(28)24(30)29(26)19-10-11-22(32-4)23(15-19)33-5/h6-11,14-15,17H,12-13,16H2,1-5H3,(H,27,31)/t26-/m1/s1. The molecule has 1 aromatic heterocycles. The Balaban J connectivity index is 1.83. The molecule has 0 spiro atoms. The van der Waals surface area contributed by atoms with Crippen molar-refractivity contribution in [1.29, 1.82) is 0 Å². The second kappa shape index (κ2) is 8.81. The van der Waals surface area contributed by atoms with E-state index < -0.39 is 5.54 Å². The molecule has 174 valence electrons. The second-order valence-electron chi connectivity index (χ2n) is 9.07. The van der Waals surface area contributed by atoms with E-state index in [0.29, 0.717) is 41.9 Å². The Morgan fingerprint density at radius 3 is 2.52 bits per heavy atom. The highest BCUT2D eigenvalue weighted by atomic mass is 16.5. The summed E-state index contributed by atoms with van der Waals surface area (Å²) >= 11 is 0. The number of amides is 2. The van der Waals surface area contributed by atoms with Gasteiger partial charge in [-0.25, -0.2) is 0 Å². The van der Waals surface area contributed by atoms with Crippen molar-refractivity contribution in [3.63, 3.8) is 0 Å². The molecule has 1 aliphatic rings. The van der Waals surface area contributed by atoms with E-state index in [9.17, 15) is 9.59 Å². The smallest absolute Gasteiger partial charge is 0.275 e. The van der Waals surface area contributed by atoms with Gasteiger partial charge >= 0.3 is 0 Å². The lowest BCUT2D eigenvalue weighted by molar-refractivity contribution is -0.126. The maximum absolute atomic E-state index is 13.9. The molecule has 1 atom stereocenters. The number of hydrogen-bond acceptors (Lipinski definition) is 4. The zero-order chi connectivity index (χ0) is 23.8. The van der Waals surface area contributed by atoms with Crippen molar-refractivity contribution in [2.24, 2.45) is 5.92 Å². The highest BCUT2D eigenvalue weighted by Gasteiger charge is 2.48. The van der Waals surface area contributed by atoms with E-state index in [2.05, 4.69) is 19.2 Å². The monoisotopic (exact) mass is 449 g/mol. The number of hydrogen-bond donors (Lipinski definition) is 1. The summed E-state index contributed by atoms with van der Waals surface area (Å²) in [6, 6.07) is 15.0. The van der Waals surface area contributed by atoms with E-state index in [4.69, 9.17) is 9.47 Å². The molecule has 2 amide bonds. The highest BCUT2D eigenvalue weighted by molar-refractivity contribution is 6.14. The van der Waals surface area contributed by atoms with E-state index in [1.807, 2.05) is 41.8 Å². The zero-order valence-electron chi connectivity index (χ0n) is 19.8. The van der Waals surface area contributed by atoms with Gasteiger partial charge in [0.25, 0.3) is 5.91 Å². The molecule has 7 heteroatoms. The molecular formula is C26H31N3O4. The van der Waals surface area contributed by atoms with Gasteiger partial charge in [0.15, 0.2) is 11.5 Å². The molecule has 1 aliphatic heterocycles. The SMILES string of the molecule is COc1ccc(N2C(=O)c3cc4ccccc4n3C[C@]2(C)C(=O)NCCC(C)C)cc1OC. The summed E-state index contributed by atoms with van der Waals surface area (Å²) in [7, 11) is 3.11. The maximum atomic E-state index is 13.9. The predicted molar refractivity (Wildman–Crippen MR) is 129 cm³/mol. The third-order valence-electron chi connectivity index (χ3n) is 6.31. The maximum Gasteiger partial charge on any atom is 0.275 e. The fourth-order valence-electron chi connectivity index (χ4n) is 4.48. The lowest BCUT2D eigenvalue weighted by atomic mass is 9.93. The van der Waals surface area contributed by atoms with Crippen LogP contribution in [0.1, 0.15) is 37.7 Å². The van der Waals surface area contributed by atoms with Crippen LogP contribution < -0.4 is 19.7 Å². The van der Waals surface area contributed by atoms with Gasteiger partial charge in [-0.15, -0.1) is 0 Å². The average molecular weight is 450 g/mol. The van der Waals surface area contributed by atoms with Gasteiger partial charge in [-0.1, -0.05) is 32.0 Å². The van der Waals surface area contributed by atoms with Crippen molar-refractivity contribution in [2.45, 2.75) is 39.3 Å². The van der Waals surface area contributed by atoms with Crippen LogP contribution in [0.25, 0.3) is 10.9 Å². The largest absolute Gasteiger partial charge is 0.493 e. The number of benzene rings is 2. The fraction of sp³-hybridized carbons (Fsp3) is 0.385. The molecule has 0 saturated carbocycles. The highest BCUT2D eigenvalue weighted by Crippen LogP contribution is 2.39. The van der Waals surface area contributed by atoms with Crippen molar-refractivity contribution in [1.82, 2.24) is 9.88 Å². The Labute approximate surface area is 194 Å². The minimum Gasteiger partial charge on any atom is -0.493 e. The minimum absolute atomic E-state index is 0.185. The summed E-state index contributed by atoms with van der Waals surface area (Å²) in [5.41, 5.74) is 0.936. The summed E-state index contributed by atoms with van der Waals surface area (Å²) in [5.74, 6) is 1.10. The van der Waals surface area contributed by atoms with E-state index in [-0.39, 0.29) is 11.8 Å². The molecule has 3 aromatic rings. The second-order valence-corrected chi connectivity index (χ2v) is 9.07. The van der Waals surface area contributed by atoms with Crippen LogP contribution in [0.2, 0.25) is 0 Å². The van der Waals surface area contributed by atoms with Crippen LogP contribution >= 0.6 is 0 Å². The summed E-state index contributed by atoms with van der Waals surface area (Å²) in [6.07, 6.45) is 0.865. The topological polar surface area (TPSA) is 72.8 Å². The van der Waals surface area contributed by atoms with Gasteiger partial charge in [-0.3, -0.25) is 14.5 Å². The van der Waals surface area contributed by atoms with Gasteiger partial charge in [0.05, 0.1) is 20.8 Å². The Bertz CT molecular complexity index is 1200. The van der Waals surface area contributed by atoms with E-state index in [1.165, 1.54) is 0 Å². The average Bonchev–Trinajstić information content (AvgIpc) is 3.17. The predicted octanol–water partition coefficient (Wildman–Crippen LogP) is 4.24. The summed E-state index contributed by atoms with van der Waals surface area (Å²) < 4.78 is 12.8. The molecular weight excluding hydrogens is 418 g/mol. The number of nitrogens with one attached hydrogen (secondary N) is 1. The van der Waals surface area contributed by atoms with Crippen molar-refractivity contribution in [3.8, 4) is 11.5 Å². The molecule has 4 rings (SSSR count). The van der Waals surface area contributed by atoms with Gasteiger partial charge in [-0.05, 0) is 43.5 Å². The molecule has 0 saturated heterocycles. The number of para-hydroxylation sites is 1. The number of rotatable bonds is 7. The molecule has 7 nitrogen and oxygen atoms in total. The van der Waals surface area contributed by atoms with Gasteiger partial charge in [0, 0.05) is 29.2 Å². The van der Waals surface area contributed by atoms with E-state index in [0.717, 1.165) is 17.3 Å². The Morgan fingerprint density at radius 2 is 1.82 bits per heavy atom. The Kier molecular flexibility index (Phi) is 6.06. The van der Waals surface area contributed by atoms with Crippen LogP contribution in [0.4, 0.5) is 5.69 Å². The van der Waals surface area contributed by atoms with Crippen LogP contribution in [0.3, 0.4) is 0 Å². The van der Waals surface area contributed by atoms with E-state index >= 15 is 0 Å². The molecule has 2 heterocycles. The third kappa shape index (κ3) is 3.92. The molecule has 1 N–H and O–H groups in total. The lowest BCUT2D eigenvalue weighted by Crippen LogP contribution is -2.64. The van der Waals surface area contributed by atoms with Gasteiger partial charge in [0.2, 0.25) is 5.91 Å². The molecule has 2 aromatic carbocycles. The van der Waals surface area contributed by atoms with Crippen LogP contribution in [0.15, 0.2) is 48.5 Å². The summed E-state index contributed by atoms with van der Waals surface area (Å²) in [5, 5.41) is 4.03. The van der Waals surface area contributed by atoms with Crippen LogP contribution in [0, 0.1) is 5.92 Å². The minimum atomic E-state index is -1.14. The van der Waals surface area contributed by atoms with Crippen molar-refractivity contribution in [3.05, 3.63) is 54.2 Å². The number of carbonyl (C=O) groups is 2. The number of carbonyl (C=O) groups excluding carboxylic acids is 2. The molecule has 0 unspecified atom stereocenters. The van der Waals surface area contributed by atoms with Crippen molar-refractivity contribution >= 4 is 28.4 Å². The number of methoxy groups -OCH3 is 2. The van der Waals surface area contributed by atoms with Crippen LogP contribution in [0.5, 0.6) is 11.5 Å². The van der Waals surface area contributed by atoms with Crippen molar-refractivity contribution in [2.75, 3.05) is 25.7 Å². The summed E-state index contributed by atoms with van der Waals surface area (Å²) in [6.45, 7) is 6.95. The molecule has 33 heavy (non-hydrogen) atoms. The quantitative estimate of drug-likeness (QED) is 0.586. The fourth-order valence-corrected chi connectivity index (χ4v) is 4.48. The first kappa shape index (κ1) is 22.7. The number of anilines is 1. The first-order valence-electron chi connectivity index (χ1n) is 11.2. The Hall–Kier alpha value is -3.48. The van der Waals surface area contributed by atoms with Gasteiger partial charge < -0.3 is 19.4 Å². The van der Waals surface area contributed by atoms with E-state index in [1.54, 1.807) is 37.3 Å².